The van der Waals surface area contributed by atoms with Gasteiger partial charge in [-0.25, -0.2) is 4.79 Å². The van der Waals surface area contributed by atoms with E-state index in [1.54, 1.807) is 13.8 Å². The molecule has 0 aromatic heterocycles. The molecule has 0 spiro atoms. The third-order valence-electron chi connectivity index (χ3n) is 2.84. The molecule has 3 aliphatic heterocycles. The van der Waals surface area contributed by atoms with Gasteiger partial charge in [0.1, 0.15) is 6.10 Å². The van der Waals surface area contributed by atoms with Crippen molar-refractivity contribution >= 4 is 5.97 Å². The zero-order chi connectivity index (χ0) is 10.8. The zero-order valence-corrected chi connectivity index (χ0v) is 8.56. The topological polar surface area (TPSA) is 54.0 Å². The molecule has 0 N–H and O–H groups in total. The van der Waals surface area contributed by atoms with Gasteiger partial charge in [0, 0.05) is 0 Å². The van der Waals surface area contributed by atoms with E-state index < -0.39 is 30.3 Å². The van der Waals surface area contributed by atoms with Crippen molar-refractivity contribution < 1.29 is 23.7 Å². The number of carbonyl (C=O) groups excluding carboxylic acids is 1. The third kappa shape index (κ3) is 1.17. The van der Waals surface area contributed by atoms with Crippen LogP contribution >= 0.6 is 0 Å². The summed E-state index contributed by atoms with van der Waals surface area (Å²) in [5.74, 6) is -1.09. The molecule has 0 bridgehead atoms. The smallest absolute Gasteiger partial charge is 0.336 e. The fourth-order valence-corrected chi connectivity index (χ4v) is 2.20. The molecule has 0 radical (unpaired) electrons. The molecular formula is C10H12O5. The van der Waals surface area contributed by atoms with Crippen molar-refractivity contribution in [2.75, 3.05) is 0 Å². The molecule has 3 rings (SSSR count). The van der Waals surface area contributed by atoms with Crippen molar-refractivity contribution in [3.63, 3.8) is 0 Å². The number of hydrogen-bond acceptors (Lipinski definition) is 5. The van der Waals surface area contributed by atoms with Crippen molar-refractivity contribution in [3.8, 4) is 0 Å². The normalized spacial score (nSPS) is 46.5. The first-order valence-corrected chi connectivity index (χ1v) is 4.89. The Hall–Kier alpha value is -0.910. The van der Waals surface area contributed by atoms with Crippen molar-refractivity contribution in [2.24, 2.45) is 0 Å². The fraction of sp³-hybridized carbons (Fsp3) is 0.700. The van der Waals surface area contributed by atoms with Gasteiger partial charge in [-0.05, 0) is 13.8 Å². The van der Waals surface area contributed by atoms with E-state index in [0.717, 1.165) is 0 Å². The van der Waals surface area contributed by atoms with Gasteiger partial charge in [0.2, 0.25) is 0 Å². The summed E-state index contributed by atoms with van der Waals surface area (Å²) in [6, 6.07) is 0. The van der Waals surface area contributed by atoms with Crippen LogP contribution in [-0.4, -0.2) is 36.4 Å². The zero-order valence-electron chi connectivity index (χ0n) is 8.56. The number of rotatable bonds is 0. The number of carbonyl (C=O) groups is 1. The van der Waals surface area contributed by atoms with Crippen LogP contribution in [0.1, 0.15) is 13.8 Å². The summed E-state index contributed by atoms with van der Waals surface area (Å²) in [5.41, 5.74) is 0.347. The van der Waals surface area contributed by atoms with E-state index >= 15 is 0 Å². The van der Waals surface area contributed by atoms with Gasteiger partial charge >= 0.3 is 5.97 Å². The van der Waals surface area contributed by atoms with Crippen molar-refractivity contribution in [1.82, 2.24) is 0 Å². The Morgan fingerprint density at radius 2 is 2.00 bits per heavy atom. The van der Waals surface area contributed by atoms with Crippen LogP contribution in [0.3, 0.4) is 0 Å². The summed E-state index contributed by atoms with van der Waals surface area (Å²) >= 11 is 0. The minimum atomic E-state index is -0.684. The predicted molar refractivity (Wildman–Crippen MR) is 47.7 cm³/mol. The molecule has 0 aromatic rings. The second kappa shape index (κ2) is 2.61. The summed E-state index contributed by atoms with van der Waals surface area (Å²) in [7, 11) is 0. The van der Waals surface area contributed by atoms with E-state index in [4.69, 9.17) is 18.9 Å². The van der Waals surface area contributed by atoms with Crippen LogP contribution in [0.15, 0.2) is 12.2 Å². The second-order valence-corrected chi connectivity index (χ2v) is 4.42. The first kappa shape index (κ1) is 9.33. The lowest BCUT2D eigenvalue weighted by Gasteiger charge is -2.20. The molecular weight excluding hydrogens is 200 g/mol. The predicted octanol–water partition coefficient (Wildman–Crippen LogP) is 0.344. The molecule has 0 saturated carbocycles. The molecule has 0 aliphatic carbocycles. The van der Waals surface area contributed by atoms with Crippen LogP contribution in [0.4, 0.5) is 0 Å². The van der Waals surface area contributed by atoms with Crippen LogP contribution in [0.25, 0.3) is 0 Å². The molecule has 3 fully saturated rings. The lowest BCUT2D eigenvalue weighted by molar-refractivity contribution is -0.207. The summed E-state index contributed by atoms with van der Waals surface area (Å²) < 4.78 is 21.8. The van der Waals surface area contributed by atoms with Gasteiger partial charge in [0.15, 0.2) is 24.3 Å². The van der Waals surface area contributed by atoms with E-state index in [2.05, 4.69) is 6.58 Å². The number of ether oxygens (including phenoxy) is 4. The minimum absolute atomic E-state index is 0.340. The Morgan fingerprint density at radius 3 is 2.73 bits per heavy atom. The Balaban J connectivity index is 1.86. The molecule has 3 saturated heterocycles. The average molecular weight is 212 g/mol. The second-order valence-electron chi connectivity index (χ2n) is 4.42. The van der Waals surface area contributed by atoms with Crippen LogP contribution in [-0.2, 0) is 23.7 Å². The van der Waals surface area contributed by atoms with E-state index in [-0.39, 0.29) is 6.10 Å². The molecule has 15 heavy (non-hydrogen) atoms. The molecule has 4 atom stereocenters. The standard InChI is InChI=1S/C10H12O5/c1-4-5-6(12-8(4)11)7-9(13-5)15-10(2,3)14-7/h5-7,9H,1H2,2-3H3. The molecule has 3 heterocycles. The van der Waals surface area contributed by atoms with Crippen molar-refractivity contribution in [2.45, 2.75) is 44.2 Å². The highest BCUT2D eigenvalue weighted by atomic mass is 16.8. The highest BCUT2D eigenvalue weighted by Crippen LogP contribution is 2.43. The molecule has 0 amide bonds. The maximum Gasteiger partial charge on any atom is 0.336 e. The number of hydrogen-bond donors (Lipinski definition) is 0. The Labute approximate surface area is 86.9 Å². The van der Waals surface area contributed by atoms with E-state index in [1.807, 2.05) is 0 Å². The third-order valence-corrected chi connectivity index (χ3v) is 2.84. The first-order chi connectivity index (χ1) is 6.98. The number of esters is 1. The Bertz CT molecular complexity index is 348. The largest absolute Gasteiger partial charge is 0.453 e. The fourth-order valence-electron chi connectivity index (χ4n) is 2.20. The van der Waals surface area contributed by atoms with Gasteiger partial charge in [-0.15, -0.1) is 0 Å². The van der Waals surface area contributed by atoms with E-state index in [0.29, 0.717) is 5.57 Å². The SMILES string of the molecule is C=C1C(=O)OC2C1OC1OC(C)(C)OC12. The monoisotopic (exact) mass is 212 g/mol. The summed E-state index contributed by atoms with van der Waals surface area (Å²) in [4.78, 5) is 11.2. The van der Waals surface area contributed by atoms with Crippen LogP contribution in [0, 0.1) is 0 Å². The minimum Gasteiger partial charge on any atom is -0.453 e. The summed E-state index contributed by atoms with van der Waals surface area (Å²) in [6.07, 6.45) is -1.62. The van der Waals surface area contributed by atoms with Gasteiger partial charge in [-0.1, -0.05) is 6.58 Å². The van der Waals surface area contributed by atoms with Gasteiger partial charge in [-0.2, -0.15) is 0 Å². The van der Waals surface area contributed by atoms with E-state index in [9.17, 15) is 4.79 Å². The maximum atomic E-state index is 11.2. The van der Waals surface area contributed by atoms with Crippen LogP contribution in [0.2, 0.25) is 0 Å². The Kier molecular flexibility index (Phi) is 1.62. The molecule has 5 heteroatoms. The molecule has 0 aromatic carbocycles. The molecule has 3 aliphatic rings. The lowest BCUT2D eigenvalue weighted by atomic mass is 10.1. The maximum absolute atomic E-state index is 11.2. The van der Waals surface area contributed by atoms with Crippen molar-refractivity contribution in [3.05, 3.63) is 12.2 Å². The summed E-state index contributed by atoms with van der Waals surface area (Å²) in [6.45, 7) is 7.23. The quantitative estimate of drug-likeness (QED) is 0.428. The van der Waals surface area contributed by atoms with Crippen LogP contribution < -0.4 is 0 Å². The Morgan fingerprint density at radius 1 is 1.27 bits per heavy atom. The highest BCUT2D eigenvalue weighted by molar-refractivity contribution is 5.91. The van der Waals surface area contributed by atoms with Crippen molar-refractivity contribution in [1.29, 1.82) is 0 Å². The average Bonchev–Trinajstić information content (AvgIpc) is 2.66. The first-order valence-electron chi connectivity index (χ1n) is 4.89. The van der Waals surface area contributed by atoms with Crippen LogP contribution in [0.5, 0.6) is 0 Å². The number of fused-ring (bicyclic) bond motifs is 3. The highest BCUT2D eigenvalue weighted by Gasteiger charge is 2.60. The van der Waals surface area contributed by atoms with Gasteiger partial charge in [0.25, 0.3) is 0 Å². The lowest BCUT2D eigenvalue weighted by Crippen LogP contribution is -2.32. The molecule has 4 unspecified atom stereocenters. The molecule has 82 valence electrons. The van der Waals surface area contributed by atoms with Gasteiger partial charge in [0.05, 0.1) is 5.57 Å². The van der Waals surface area contributed by atoms with Gasteiger partial charge < -0.3 is 18.9 Å². The van der Waals surface area contributed by atoms with E-state index in [1.165, 1.54) is 0 Å². The molecule has 5 nitrogen and oxygen atoms in total. The van der Waals surface area contributed by atoms with Gasteiger partial charge in [-0.3, -0.25) is 0 Å². The summed E-state index contributed by atoms with van der Waals surface area (Å²) in [5, 5.41) is 0.